The number of allylic oxidation sites excluding steroid dienone is 4. The maximum Gasteiger partial charge on any atom is 0.00201 e. The van der Waals surface area contributed by atoms with Crippen molar-refractivity contribution in [2.45, 2.75) is 40.5 Å². The van der Waals surface area contributed by atoms with Gasteiger partial charge in [-0.1, -0.05) is 60.1 Å². The number of hydrogen-bond donors (Lipinski definition) is 0. The summed E-state index contributed by atoms with van der Waals surface area (Å²) in [5.74, 6) is 0.496. The smallest absolute Gasteiger partial charge is 0.00201 e. The predicted molar refractivity (Wildman–Crippen MR) is 72.8 cm³/mol. The van der Waals surface area contributed by atoms with Gasteiger partial charge in [0, 0.05) is 5.92 Å². The largest absolute Gasteiger partial charge is 0.0764 e. The molecule has 1 unspecified atom stereocenters. The van der Waals surface area contributed by atoms with Gasteiger partial charge in [-0.3, -0.25) is 0 Å². The molecular weight excluding hydrogens is 192 g/mol. The highest BCUT2D eigenvalue weighted by Gasteiger charge is 2.05. The van der Waals surface area contributed by atoms with Crippen molar-refractivity contribution in [3.63, 3.8) is 0 Å². The minimum atomic E-state index is 0.496. The second-order valence-electron chi connectivity index (χ2n) is 4.79. The van der Waals surface area contributed by atoms with Crippen LogP contribution < -0.4 is 0 Å². The van der Waals surface area contributed by atoms with Crippen LogP contribution in [0.3, 0.4) is 0 Å². The SMILES string of the molecule is CC(C)=C/C=C(\C)C(C)c1ccc(C)cc1. The van der Waals surface area contributed by atoms with Gasteiger partial charge in [0.25, 0.3) is 0 Å². The lowest BCUT2D eigenvalue weighted by atomic mass is 9.93. The molecule has 0 radical (unpaired) electrons. The Kier molecular flexibility index (Phi) is 4.54. The topological polar surface area (TPSA) is 0 Å². The Morgan fingerprint density at radius 1 is 1.00 bits per heavy atom. The molecule has 0 aliphatic rings. The van der Waals surface area contributed by atoms with Crippen LogP contribution in [0.5, 0.6) is 0 Å². The highest BCUT2D eigenvalue weighted by atomic mass is 14.1. The summed E-state index contributed by atoms with van der Waals surface area (Å²) in [4.78, 5) is 0. The van der Waals surface area contributed by atoms with Crippen LogP contribution in [0.2, 0.25) is 0 Å². The van der Waals surface area contributed by atoms with Crippen molar-refractivity contribution >= 4 is 0 Å². The number of rotatable bonds is 3. The van der Waals surface area contributed by atoms with Gasteiger partial charge < -0.3 is 0 Å². The summed E-state index contributed by atoms with van der Waals surface area (Å²) in [5.41, 5.74) is 5.46. The lowest BCUT2D eigenvalue weighted by molar-refractivity contribution is 0.892. The van der Waals surface area contributed by atoms with Gasteiger partial charge in [0.05, 0.1) is 0 Å². The van der Waals surface area contributed by atoms with Gasteiger partial charge in [-0.2, -0.15) is 0 Å². The lowest BCUT2D eigenvalue weighted by Crippen LogP contribution is -1.94. The molecule has 1 aromatic rings. The molecule has 0 heterocycles. The van der Waals surface area contributed by atoms with Crippen LogP contribution in [0.15, 0.2) is 47.6 Å². The van der Waals surface area contributed by atoms with E-state index in [-0.39, 0.29) is 0 Å². The molecule has 0 bridgehead atoms. The first-order valence-corrected chi connectivity index (χ1v) is 5.89. The molecule has 1 rings (SSSR count). The Morgan fingerprint density at radius 2 is 1.56 bits per heavy atom. The standard InChI is InChI=1S/C16H22/c1-12(2)6-9-14(4)15(5)16-10-7-13(3)8-11-16/h6-11,15H,1-5H3/b14-9+. The second kappa shape index (κ2) is 5.69. The third-order valence-corrected chi connectivity index (χ3v) is 2.94. The van der Waals surface area contributed by atoms with Gasteiger partial charge in [0.1, 0.15) is 0 Å². The van der Waals surface area contributed by atoms with Crippen molar-refractivity contribution in [2.24, 2.45) is 0 Å². The van der Waals surface area contributed by atoms with Gasteiger partial charge in [-0.05, 0) is 33.3 Å². The Balaban J connectivity index is 2.85. The van der Waals surface area contributed by atoms with Crippen molar-refractivity contribution < 1.29 is 0 Å². The molecule has 0 aliphatic carbocycles. The quantitative estimate of drug-likeness (QED) is 0.620. The second-order valence-corrected chi connectivity index (χ2v) is 4.79. The number of hydrogen-bond acceptors (Lipinski definition) is 0. The highest BCUT2D eigenvalue weighted by molar-refractivity contribution is 5.31. The van der Waals surface area contributed by atoms with Crippen LogP contribution in [-0.2, 0) is 0 Å². The zero-order valence-corrected chi connectivity index (χ0v) is 11.0. The summed E-state index contributed by atoms with van der Waals surface area (Å²) < 4.78 is 0. The van der Waals surface area contributed by atoms with E-state index in [1.165, 1.54) is 22.3 Å². The molecule has 1 aromatic carbocycles. The van der Waals surface area contributed by atoms with Crippen LogP contribution in [0.1, 0.15) is 44.7 Å². The third kappa shape index (κ3) is 3.69. The van der Waals surface area contributed by atoms with Crippen LogP contribution >= 0.6 is 0 Å². The number of benzene rings is 1. The molecule has 0 saturated heterocycles. The van der Waals surface area contributed by atoms with Crippen LogP contribution in [0.25, 0.3) is 0 Å². The van der Waals surface area contributed by atoms with E-state index in [0.717, 1.165) is 0 Å². The van der Waals surface area contributed by atoms with Gasteiger partial charge >= 0.3 is 0 Å². The molecule has 0 aliphatic heterocycles. The van der Waals surface area contributed by atoms with E-state index in [2.05, 4.69) is 71.0 Å². The zero-order chi connectivity index (χ0) is 12.1. The first kappa shape index (κ1) is 12.8. The monoisotopic (exact) mass is 214 g/mol. The maximum absolute atomic E-state index is 2.26. The first-order chi connectivity index (χ1) is 7.50. The van der Waals surface area contributed by atoms with E-state index in [1.807, 2.05) is 0 Å². The van der Waals surface area contributed by atoms with E-state index in [1.54, 1.807) is 0 Å². The molecule has 0 nitrogen and oxygen atoms in total. The molecule has 0 spiro atoms. The Labute approximate surface area is 99.7 Å². The molecule has 1 atom stereocenters. The minimum Gasteiger partial charge on any atom is -0.0764 e. The normalized spacial score (nSPS) is 13.4. The lowest BCUT2D eigenvalue weighted by Gasteiger charge is -2.12. The van der Waals surface area contributed by atoms with Crippen molar-refractivity contribution in [3.8, 4) is 0 Å². The van der Waals surface area contributed by atoms with Gasteiger partial charge in [-0.25, -0.2) is 0 Å². The van der Waals surface area contributed by atoms with Crippen LogP contribution in [0, 0.1) is 6.92 Å². The van der Waals surface area contributed by atoms with E-state index < -0.39 is 0 Å². The molecule has 0 aromatic heterocycles. The summed E-state index contributed by atoms with van der Waals surface area (Å²) >= 11 is 0. The highest BCUT2D eigenvalue weighted by Crippen LogP contribution is 2.23. The predicted octanol–water partition coefficient (Wildman–Crippen LogP) is 5.01. The minimum absolute atomic E-state index is 0.496. The van der Waals surface area contributed by atoms with Crippen molar-refractivity contribution in [1.82, 2.24) is 0 Å². The van der Waals surface area contributed by atoms with Gasteiger partial charge in [-0.15, -0.1) is 0 Å². The Morgan fingerprint density at radius 3 is 2.06 bits per heavy atom. The Hall–Kier alpha value is -1.30. The van der Waals surface area contributed by atoms with Gasteiger partial charge in [0.2, 0.25) is 0 Å². The van der Waals surface area contributed by atoms with Crippen molar-refractivity contribution in [1.29, 1.82) is 0 Å². The number of aryl methyl sites for hydroxylation is 1. The van der Waals surface area contributed by atoms with E-state index in [9.17, 15) is 0 Å². The fraction of sp³-hybridized carbons (Fsp3) is 0.375. The third-order valence-electron chi connectivity index (χ3n) is 2.94. The summed E-state index contributed by atoms with van der Waals surface area (Å²) in [6.07, 6.45) is 4.40. The fourth-order valence-corrected chi connectivity index (χ4v) is 1.56. The summed E-state index contributed by atoms with van der Waals surface area (Å²) in [7, 11) is 0. The van der Waals surface area contributed by atoms with E-state index >= 15 is 0 Å². The average Bonchev–Trinajstić information content (AvgIpc) is 2.26. The fourth-order valence-electron chi connectivity index (χ4n) is 1.56. The van der Waals surface area contributed by atoms with E-state index in [0.29, 0.717) is 5.92 Å². The van der Waals surface area contributed by atoms with Gasteiger partial charge in [0.15, 0.2) is 0 Å². The zero-order valence-electron chi connectivity index (χ0n) is 11.0. The Bertz CT molecular complexity index is 387. The maximum atomic E-state index is 2.26. The molecule has 0 heteroatoms. The summed E-state index contributed by atoms with van der Waals surface area (Å²) in [6.45, 7) is 10.8. The molecule has 86 valence electrons. The molecule has 0 fully saturated rings. The summed E-state index contributed by atoms with van der Waals surface area (Å²) in [5, 5.41) is 0. The van der Waals surface area contributed by atoms with Crippen molar-refractivity contribution in [2.75, 3.05) is 0 Å². The summed E-state index contributed by atoms with van der Waals surface area (Å²) in [6, 6.07) is 8.81. The van der Waals surface area contributed by atoms with Crippen LogP contribution in [-0.4, -0.2) is 0 Å². The van der Waals surface area contributed by atoms with Crippen LogP contribution in [0.4, 0.5) is 0 Å². The van der Waals surface area contributed by atoms with E-state index in [4.69, 9.17) is 0 Å². The molecule has 0 saturated carbocycles. The molecule has 0 N–H and O–H groups in total. The molecule has 0 amide bonds. The first-order valence-electron chi connectivity index (χ1n) is 5.89. The molecular formula is C16H22. The average molecular weight is 214 g/mol. The molecule has 16 heavy (non-hydrogen) atoms. The van der Waals surface area contributed by atoms with Crippen molar-refractivity contribution in [3.05, 3.63) is 58.7 Å².